The monoisotopic (exact) mass is 460 g/mol. The molecular formula is C20H28F4N6S. The fraction of sp³-hybridized carbons (Fsp3) is 0.600. The Labute approximate surface area is 185 Å². The fourth-order valence-electron chi connectivity index (χ4n) is 4.18. The van der Waals surface area contributed by atoms with Gasteiger partial charge in [-0.05, 0) is 57.7 Å². The molecule has 0 aliphatic carbocycles. The summed E-state index contributed by atoms with van der Waals surface area (Å²) in [4.78, 5) is 6.00. The van der Waals surface area contributed by atoms with E-state index in [4.69, 9.17) is 18.0 Å². The molecule has 2 heterocycles. The number of benzene rings is 1. The number of rotatable bonds is 5. The lowest BCUT2D eigenvalue weighted by molar-refractivity contribution is -0.179. The highest BCUT2D eigenvalue weighted by Gasteiger charge is 2.41. The molecule has 1 aromatic rings. The Balaban J connectivity index is 1.88. The molecule has 0 amide bonds. The van der Waals surface area contributed by atoms with Gasteiger partial charge in [0.05, 0.1) is 17.8 Å². The number of hydrazone groups is 1. The zero-order valence-corrected chi connectivity index (χ0v) is 18.4. The van der Waals surface area contributed by atoms with Crippen LogP contribution < -0.4 is 21.0 Å². The molecule has 3 N–H and O–H groups in total. The second-order valence-corrected chi connectivity index (χ2v) is 8.69. The number of halogens is 4. The van der Waals surface area contributed by atoms with Gasteiger partial charge in [-0.15, -0.1) is 0 Å². The van der Waals surface area contributed by atoms with Crippen molar-refractivity contribution in [2.24, 2.45) is 16.8 Å². The molecule has 0 aromatic heterocycles. The molecule has 0 bridgehead atoms. The number of thiocarbonyl (C=S) groups is 1. The lowest BCUT2D eigenvalue weighted by atomic mass is 9.95. The molecule has 1 atom stereocenters. The number of nitrogens with two attached hydrogens (primary N) is 1. The minimum absolute atomic E-state index is 0.00345. The molecule has 3 rings (SSSR count). The maximum Gasteiger partial charge on any atom is 0.391 e. The molecule has 0 spiro atoms. The van der Waals surface area contributed by atoms with E-state index in [9.17, 15) is 13.2 Å². The van der Waals surface area contributed by atoms with Crippen LogP contribution in [0.25, 0.3) is 0 Å². The molecule has 2 aliphatic heterocycles. The summed E-state index contributed by atoms with van der Waals surface area (Å²) in [5, 5.41) is 3.96. The van der Waals surface area contributed by atoms with Gasteiger partial charge in [0.2, 0.25) is 0 Å². The quantitative estimate of drug-likeness (QED) is 0.305. The number of hydrogen-bond donors (Lipinski definition) is 2. The Bertz CT molecular complexity index is 821. The van der Waals surface area contributed by atoms with Crippen LogP contribution in [0.15, 0.2) is 17.2 Å². The van der Waals surface area contributed by atoms with Gasteiger partial charge in [-0.1, -0.05) is 0 Å². The summed E-state index contributed by atoms with van der Waals surface area (Å²) in [6.45, 7) is 1.88. The van der Waals surface area contributed by atoms with E-state index in [1.54, 1.807) is 11.0 Å². The Morgan fingerprint density at radius 3 is 2.35 bits per heavy atom. The van der Waals surface area contributed by atoms with E-state index >= 15 is 4.39 Å². The standard InChI is InChI=1S/C20H28F4N6S/c1-28(2)15-5-8-30(12-15)17-10-18(16(21)9-13(17)11-26-27-19(25)31)29-6-3-14(4-7-29)20(22,23)24/h9-11,14-15H,3-8,12H2,1-2H3,(H3,25,27,31)/t15-/m1/s1. The molecular weight excluding hydrogens is 432 g/mol. The maximum absolute atomic E-state index is 15.0. The first-order chi connectivity index (χ1) is 14.6. The third kappa shape index (κ3) is 5.76. The van der Waals surface area contributed by atoms with Gasteiger partial charge >= 0.3 is 6.18 Å². The Morgan fingerprint density at radius 2 is 1.81 bits per heavy atom. The molecule has 0 unspecified atom stereocenters. The van der Waals surface area contributed by atoms with Gasteiger partial charge in [0.25, 0.3) is 0 Å². The molecule has 1 aromatic carbocycles. The van der Waals surface area contributed by atoms with Crippen molar-refractivity contribution in [2.45, 2.75) is 31.5 Å². The van der Waals surface area contributed by atoms with Crippen LogP contribution in [-0.4, -0.2) is 68.7 Å². The molecule has 11 heteroatoms. The summed E-state index contributed by atoms with van der Waals surface area (Å²) in [5.41, 5.74) is 9.52. The van der Waals surface area contributed by atoms with Crippen molar-refractivity contribution in [3.8, 4) is 0 Å². The van der Waals surface area contributed by atoms with Crippen LogP contribution in [0.4, 0.5) is 28.9 Å². The molecule has 2 aliphatic rings. The first-order valence-electron chi connectivity index (χ1n) is 10.2. The van der Waals surface area contributed by atoms with Crippen LogP contribution in [0.3, 0.4) is 0 Å². The number of piperidine rings is 1. The van der Waals surface area contributed by atoms with Gasteiger partial charge in [-0.3, -0.25) is 5.43 Å². The predicted molar refractivity (Wildman–Crippen MR) is 119 cm³/mol. The number of anilines is 2. The molecule has 6 nitrogen and oxygen atoms in total. The number of alkyl halides is 3. The largest absolute Gasteiger partial charge is 0.391 e. The molecule has 0 radical (unpaired) electrons. The third-order valence-electron chi connectivity index (χ3n) is 6.01. The third-order valence-corrected chi connectivity index (χ3v) is 6.10. The fourth-order valence-corrected chi connectivity index (χ4v) is 4.23. The van der Waals surface area contributed by atoms with E-state index in [1.807, 2.05) is 14.1 Å². The van der Waals surface area contributed by atoms with Gasteiger partial charge in [0.1, 0.15) is 5.82 Å². The van der Waals surface area contributed by atoms with Gasteiger partial charge in [-0.25, -0.2) is 4.39 Å². The zero-order valence-electron chi connectivity index (χ0n) is 17.6. The van der Waals surface area contributed by atoms with Gasteiger partial charge in [0.15, 0.2) is 5.11 Å². The van der Waals surface area contributed by atoms with Crippen molar-refractivity contribution in [3.63, 3.8) is 0 Å². The van der Waals surface area contributed by atoms with E-state index in [1.165, 1.54) is 12.3 Å². The lowest BCUT2D eigenvalue weighted by Gasteiger charge is -2.35. The average Bonchev–Trinajstić information content (AvgIpc) is 3.18. The highest BCUT2D eigenvalue weighted by molar-refractivity contribution is 7.80. The number of nitrogens with one attached hydrogen (secondary N) is 1. The smallest absolute Gasteiger partial charge is 0.375 e. The molecule has 172 valence electrons. The zero-order chi connectivity index (χ0) is 22.8. The highest BCUT2D eigenvalue weighted by atomic mass is 32.1. The second kappa shape index (κ2) is 9.56. The first kappa shape index (κ1) is 23.5. The molecule has 2 saturated heterocycles. The highest BCUT2D eigenvalue weighted by Crippen LogP contribution is 2.38. The molecule has 31 heavy (non-hydrogen) atoms. The van der Waals surface area contributed by atoms with Crippen LogP contribution in [0.5, 0.6) is 0 Å². The van der Waals surface area contributed by atoms with Crippen molar-refractivity contribution < 1.29 is 17.6 Å². The van der Waals surface area contributed by atoms with Gasteiger partial charge in [0, 0.05) is 43.5 Å². The Morgan fingerprint density at radius 1 is 1.16 bits per heavy atom. The minimum atomic E-state index is -4.20. The summed E-state index contributed by atoms with van der Waals surface area (Å²) >= 11 is 4.74. The maximum atomic E-state index is 15.0. The van der Waals surface area contributed by atoms with E-state index in [-0.39, 0.29) is 31.0 Å². The number of nitrogens with zero attached hydrogens (tertiary/aromatic N) is 4. The number of hydrogen-bond acceptors (Lipinski definition) is 5. The van der Waals surface area contributed by atoms with Crippen molar-refractivity contribution in [3.05, 3.63) is 23.5 Å². The van der Waals surface area contributed by atoms with Crippen molar-refractivity contribution in [1.29, 1.82) is 0 Å². The van der Waals surface area contributed by atoms with E-state index in [0.717, 1.165) is 25.2 Å². The van der Waals surface area contributed by atoms with E-state index < -0.39 is 17.9 Å². The summed E-state index contributed by atoms with van der Waals surface area (Å²) in [6.07, 6.45) is -1.86. The van der Waals surface area contributed by atoms with Crippen molar-refractivity contribution >= 4 is 34.9 Å². The van der Waals surface area contributed by atoms with Crippen LogP contribution in [0.2, 0.25) is 0 Å². The SMILES string of the molecule is CN(C)[C@@H]1CCN(c2cc(N3CCC(C(F)(F)F)CC3)c(F)cc2C=NNC(N)=S)C1. The number of likely N-dealkylation sites (N-methyl/N-ethyl adjacent to an activating group) is 1. The Kier molecular flexibility index (Phi) is 7.25. The Hall–Kier alpha value is -2.14. The summed E-state index contributed by atoms with van der Waals surface area (Å²) in [7, 11) is 4.03. The second-order valence-electron chi connectivity index (χ2n) is 8.25. The van der Waals surface area contributed by atoms with Crippen LogP contribution >= 0.6 is 12.2 Å². The van der Waals surface area contributed by atoms with Crippen molar-refractivity contribution in [2.75, 3.05) is 50.1 Å². The van der Waals surface area contributed by atoms with Crippen LogP contribution in [0, 0.1) is 11.7 Å². The molecule has 2 fully saturated rings. The van der Waals surface area contributed by atoms with Crippen LogP contribution in [0.1, 0.15) is 24.8 Å². The lowest BCUT2D eigenvalue weighted by Crippen LogP contribution is -2.39. The minimum Gasteiger partial charge on any atom is -0.375 e. The molecule has 0 saturated carbocycles. The van der Waals surface area contributed by atoms with Gasteiger partial charge < -0.3 is 20.4 Å². The summed E-state index contributed by atoms with van der Waals surface area (Å²) in [5.74, 6) is -1.82. The first-order valence-corrected chi connectivity index (χ1v) is 10.6. The van der Waals surface area contributed by atoms with E-state index in [0.29, 0.717) is 17.3 Å². The summed E-state index contributed by atoms with van der Waals surface area (Å²) in [6, 6.07) is 3.45. The predicted octanol–water partition coefficient (Wildman–Crippen LogP) is 2.91. The average molecular weight is 461 g/mol. The van der Waals surface area contributed by atoms with Gasteiger partial charge in [-0.2, -0.15) is 18.3 Å². The van der Waals surface area contributed by atoms with Crippen molar-refractivity contribution in [1.82, 2.24) is 10.3 Å². The van der Waals surface area contributed by atoms with Crippen LogP contribution in [-0.2, 0) is 0 Å². The summed E-state index contributed by atoms with van der Waals surface area (Å²) < 4.78 is 54.0. The topological polar surface area (TPSA) is 60.1 Å². The normalized spacial score (nSPS) is 20.8. The van der Waals surface area contributed by atoms with E-state index in [2.05, 4.69) is 20.3 Å².